The van der Waals surface area contributed by atoms with Crippen molar-refractivity contribution in [1.29, 1.82) is 5.26 Å². The van der Waals surface area contributed by atoms with Gasteiger partial charge in [-0.15, -0.1) is 0 Å². The number of rotatable bonds is 1. The number of Topliss-reactive ketones (excluding diaryl/α,β-unsaturated/α-hetero) is 1. The molecule has 0 aliphatic rings. The zero-order valence-electron chi connectivity index (χ0n) is 8.66. The Bertz CT molecular complexity index is 376. The summed E-state index contributed by atoms with van der Waals surface area (Å²) in [6, 6.07) is 8.75. The van der Waals surface area contributed by atoms with Gasteiger partial charge in [0.15, 0.2) is 5.78 Å². The summed E-state index contributed by atoms with van der Waals surface area (Å²) in [5.41, 5.74) is 0.876. The highest BCUT2D eigenvalue weighted by Crippen LogP contribution is 2.20. The van der Waals surface area contributed by atoms with Crippen molar-refractivity contribution in [2.24, 2.45) is 5.41 Å². The average Bonchev–Trinajstić information content (AvgIpc) is 2.15. The summed E-state index contributed by atoms with van der Waals surface area (Å²) in [6.07, 6.45) is 0. The molecular weight excluding hydrogens is 174 g/mol. The standard InChI is InChI=1S/C12H13NO/c1-12(2,3)11(14)10-6-4-9(8-13)5-7-10/h4-7H,1-3H3. The molecule has 0 aliphatic heterocycles. The molecule has 1 aromatic carbocycles. The smallest absolute Gasteiger partial charge is 0.168 e. The van der Waals surface area contributed by atoms with Crippen LogP contribution in [-0.4, -0.2) is 5.78 Å². The zero-order valence-corrected chi connectivity index (χ0v) is 8.66. The van der Waals surface area contributed by atoms with Gasteiger partial charge in [0.1, 0.15) is 0 Å². The van der Waals surface area contributed by atoms with Crippen molar-refractivity contribution in [2.45, 2.75) is 20.8 Å². The zero-order chi connectivity index (χ0) is 10.8. The van der Waals surface area contributed by atoms with Crippen LogP contribution in [0.5, 0.6) is 0 Å². The maximum absolute atomic E-state index is 11.8. The van der Waals surface area contributed by atoms with Crippen molar-refractivity contribution in [3.05, 3.63) is 35.4 Å². The molecule has 72 valence electrons. The van der Waals surface area contributed by atoms with Crippen LogP contribution in [0.25, 0.3) is 0 Å². The molecule has 0 atom stereocenters. The molecule has 14 heavy (non-hydrogen) atoms. The van der Waals surface area contributed by atoms with E-state index in [9.17, 15) is 4.79 Å². The molecule has 0 saturated heterocycles. The Balaban J connectivity index is 3.00. The predicted molar refractivity (Wildman–Crippen MR) is 54.9 cm³/mol. The maximum Gasteiger partial charge on any atom is 0.168 e. The normalized spacial score (nSPS) is 10.7. The van der Waals surface area contributed by atoms with Gasteiger partial charge < -0.3 is 0 Å². The van der Waals surface area contributed by atoms with Crippen LogP contribution in [0.1, 0.15) is 36.7 Å². The summed E-state index contributed by atoms with van der Waals surface area (Å²) in [5.74, 6) is 0.0991. The summed E-state index contributed by atoms with van der Waals surface area (Å²) in [5, 5.41) is 8.59. The lowest BCUT2D eigenvalue weighted by Gasteiger charge is -2.16. The molecular formula is C12H13NO. The number of benzene rings is 1. The third kappa shape index (κ3) is 2.20. The highest BCUT2D eigenvalue weighted by atomic mass is 16.1. The number of ketones is 1. The van der Waals surface area contributed by atoms with Crippen LogP contribution in [0.15, 0.2) is 24.3 Å². The van der Waals surface area contributed by atoms with Crippen LogP contribution < -0.4 is 0 Å². The molecule has 0 fully saturated rings. The van der Waals surface area contributed by atoms with E-state index >= 15 is 0 Å². The van der Waals surface area contributed by atoms with E-state index in [1.165, 1.54) is 0 Å². The van der Waals surface area contributed by atoms with Gasteiger partial charge in [-0.05, 0) is 12.1 Å². The number of nitrogens with zero attached hydrogens (tertiary/aromatic N) is 1. The Morgan fingerprint density at radius 1 is 1.21 bits per heavy atom. The number of nitriles is 1. The number of hydrogen-bond acceptors (Lipinski definition) is 2. The van der Waals surface area contributed by atoms with Gasteiger partial charge >= 0.3 is 0 Å². The van der Waals surface area contributed by atoms with Gasteiger partial charge in [0.25, 0.3) is 0 Å². The van der Waals surface area contributed by atoms with Gasteiger partial charge in [0.05, 0.1) is 11.6 Å². The molecule has 0 saturated carbocycles. The van der Waals surface area contributed by atoms with E-state index in [0.29, 0.717) is 11.1 Å². The van der Waals surface area contributed by atoms with E-state index in [2.05, 4.69) is 0 Å². The molecule has 0 aromatic heterocycles. The Hall–Kier alpha value is -1.62. The largest absolute Gasteiger partial charge is 0.294 e. The van der Waals surface area contributed by atoms with Gasteiger partial charge in [-0.2, -0.15) is 5.26 Å². The van der Waals surface area contributed by atoms with Gasteiger partial charge in [0, 0.05) is 11.0 Å². The van der Waals surface area contributed by atoms with Crippen molar-refractivity contribution < 1.29 is 4.79 Å². The fourth-order valence-electron chi connectivity index (χ4n) is 1.13. The van der Waals surface area contributed by atoms with Crippen LogP contribution in [0.2, 0.25) is 0 Å². The molecule has 0 heterocycles. The van der Waals surface area contributed by atoms with Crippen LogP contribution in [0, 0.1) is 16.7 Å². The fourth-order valence-corrected chi connectivity index (χ4v) is 1.13. The second-order valence-electron chi connectivity index (χ2n) is 4.27. The van der Waals surface area contributed by atoms with Gasteiger partial charge in [0.2, 0.25) is 0 Å². The van der Waals surface area contributed by atoms with Crippen molar-refractivity contribution in [2.75, 3.05) is 0 Å². The molecule has 1 rings (SSSR count). The monoisotopic (exact) mass is 187 g/mol. The quantitative estimate of drug-likeness (QED) is 0.634. The van der Waals surface area contributed by atoms with Crippen molar-refractivity contribution >= 4 is 5.78 Å². The van der Waals surface area contributed by atoms with E-state index in [1.54, 1.807) is 24.3 Å². The van der Waals surface area contributed by atoms with Crippen molar-refractivity contribution in [3.8, 4) is 6.07 Å². The van der Waals surface area contributed by atoms with Crippen LogP contribution >= 0.6 is 0 Å². The average molecular weight is 187 g/mol. The summed E-state index contributed by atoms with van der Waals surface area (Å²) >= 11 is 0. The SMILES string of the molecule is CC(C)(C)C(=O)c1ccc(C#N)cc1. The molecule has 0 amide bonds. The summed E-state index contributed by atoms with van der Waals surface area (Å²) in [6.45, 7) is 5.65. The molecule has 0 N–H and O–H groups in total. The lowest BCUT2D eigenvalue weighted by atomic mass is 9.86. The Kier molecular flexibility index (Phi) is 2.71. The number of carbonyl (C=O) groups excluding carboxylic acids is 1. The molecule has 0 bridgehead atoms. The van der Waals surface area contributed by atoms with E-state index in [-0.39, 0.29) is 11.2 Å². The lowest BCUT2D eigenvalue weighted by Crippen LogP contribution is -2.19. The highest BCUT2D eigenvalue weighted by molar-refractivity contribution is 5.99. The molecule has 0 unspecified atom stereocenters. The highest BCUT2D eigenvalue weighted by Gasteiger charge is 2.22. The predicted octanol–water partition coefficient (Wildman–Crippen LogP) is 2.79. The summed E-state index contributed by atoms with van der Waals surface area (Å²) < 4.78 is 0. The summed E-state index contributed by atoms with van der Waals surface area (Å²) in [4.78, 5) is 11.8. The third-order valence-electron chi connectivity index (χ3n) is 1.96. The number of hydrogen-bond donors (Lipinski definition) is 0. The van der Waals surface area contributed by atoms with E-state index in [0.717, 1.165) is 0 Å². The second kappa shape index (κ2) is 3.63. The minimum absolute atomic E-state index is 0.0991. The number of carbonyl (C=O) groups is 1. The minimum Gasteiger partial charge on any atom is -0.294 e. The lowest BCUT2D eigenvalue weighted by molar-refractivity contribution is 0.0858. The van der Waals surface area contributed by atoms with Crippen LogP contribution in [-0.2, 0) is 0 Å². The summed E-state index contributed by atoms with van der Waals surface area (Å²) in [7, 11) is 0. The first-order valence-electron chi connectivity index (χ1n) is 4.50. The molecule has 1 aromatic rings. The molecule has 2 heteroatoms. The van der Waals surface area contributed by atoms with Crippen LogP contribution in [0.4, 0.5) is 0 Å². The molecule has 0 aliphatic carbocycles. The molecule has 2 nitrogen and oxygen atoms in total. The second-order valence-corrected chi connectivity index (χ2v) is 4.27. The molecule has 0 radical (unpaired) electrons. The Labute approximate surface area is 84.2 Å². The van der Waals surface area contributed by atoms with Gasteiger partial charge in [-0.1, -0.05) is 32.9 Å². The first-order chi connectivity index (χ1) is 6.45. The Morgan fingerprint density at radius 2 is 1.71 bits per heavy atom. The third-order valence-corrected chi connectivity index (χ3v) is 1.96. The van der Waals surface area contributed by atoms with Crippen LogP contribution in [0.3, 0.4) is 0 Å². The first-order valence-corrected chi connectivity index (χ1v) is 4.50. The van der Waals surface area contributed by atoms with E-state index in [1.807, 2.05) is 26.8 Å². The van der Waals surface area contributed by atoms with Gasteiger partial charge in [-0.3, -0.25) is 4.79 Å². The fraction of sp³-hybridized carbons (Fsp3) is 0.333. The Morgan fingerprint density at radius 3 is 2.07 bits per heavy atom. The van der Waals surface area contributed by atoms with Gasteiger partial charge in [-0.25, -0.2) is 0 Å². The maximum atomic E-state index is 11.8. The van der Waals surface area contributed by atoms with Crippen molar-refractivity contribution in [3.63, 3.8) is 0 Å². The molecule has 0 spiro atoms. The van der Waals surface area contributed by atoms with E-state index < -0.39 is 0 Å². The first kappa shape index (κ1) is 10.5. The van der Waals surface area contributed by atoms with Crippen molar-refractivity contribution in [1.82, 2.24) is 0 Å². The topological polar surface area (TPSA) is 40.9 Å². The minimum atomic E-state index is -0.367. The van der Waals surface area contributed by atoms with E-state index in [4.69, 9.17) is 5.26 Å².